The van der Waals surface area contributed by atoms with E-state index in [0.717, 1.165) is 55.0 Å². The van der Waals surface area contributed by atoms with Gasteiger partial charge in [0.15, 0.2) is 0 Å². The molecule has 0 unspecified atom stereocenters. The number of imidazole rings is 1. The zero-order valence-corrected chi connectivity index (χ0v) is 16.4. The van der Waals surface area contributed by atoms with Gasteiger partial charge >= 0.3 is 0 Å². The van der Waals surface area contributed by atoms with E-state index < -0.39 is 0 Å². The highest BCUT2D eigenvalue weighted by molar-refractivity contribution is 5.76. The molecule has 1 saturated heterocycles. The van der Waals surface area contributed by atoms with Crippen LogP contribution in [0.2, 0.25) is 0 Å². The predicted octanol–water partition coefficient (Wildman–Crippen LogP) is 2.28. The molecular formula is C19H28N6O. The fourth-order valence-corrected chi connectivity index (χ4v) is 3.21. The van der Waals surface area contributed by atoms with E-state index in [2.05, 4.69) is 33.7 Å². The minimum atomic E-state index is 0.253. The molecule has 7 heteroatoms. The summed E-state index contributed by atoms with van der Waals surface area (Å²) >= 11 is 0. The van der Waals surface area contributed by atoms with Crippen LogP contribution in [0.3, 0.4) is 0 Å². The molecule has 0 radical (unpaired) electrons. The topological polar surface area (TPSA) is 67.2 Å². The van der Waals surface area contributed by atoms with Crippen molar-refractivity contribution >= 4 is 11.7 Å². The van der Waals surface area contributed by atoms with Gasteiger partial charge in [-0.25, -0.2) is 15.0 Å². The van der Waals surface area contributed by atoms with E-state index in [1.807, 2.05) is 36.3 Å². The highest BCUT2D eigenvalue weighted by atomic mass is 16.2. The zero-order valence-electron chi connectivity index (χ0n) is 16.4. The van der Waals surface area contributed by atoms with Crippen molar-refractivity contribution in [3.8, 4) is 5.82 Å². The highest BCUT2D eigenvalue weighted by Gasteiger charge is 2.23. The van der Waals surface area contributed by atoms with Gasteiger partial charge in [-0.05, 0) is 26.7 Å². The predicted molar refractivity (Wildman–Crippen MR) is 102 cm³/mol. The molecule has 0 atom stereocenters. The average molecular weight is 356 g/mol. The number of nitrogens with zero attached hydrogens (tertiary/aromatic N) is 6. The molecule has 0 saturated carbocycles. The Labute approximate surface area is 155 Å². The second-order valence-corrected chi connectivity index (χ2v) is 7.38. The van der Waals surface area contributed by atoms with E-state index in [0.29, 0.717) is 12.3 Å². The van der Waals surface area contributed by atoms with Gasteiger partial charge < -0.3 is 9.80 Å². The summed E-state index contributed by atoms with van der Waals surface area (Å²) in [4.78, 5) is 30.0. The van der Waals surface area contributed by atoms with Gasteiger partial charge in [-0.15, -0.1) is 0 Å². The Morgan fingerprint density at radius 1 is 1.08 bits per heavy atom. The Kier molecular flexibility index (Phi) is 5.25. The maximum absolute atomic E-state index is 12.3. The lowest BCUT2D eigenvalue weighted by Crippen LogP contribution is -2.49. The van der Waals surface area contributed by atoms with E-state index >= 15 is 0 Å². The van der Waals surface area contributed by atoms with Gasteiger partial charge in [0.1, 0.15) is 23.8 Å². The van der Waals surface area contributed by atoms with Gasteiger partial charge in [-0.3, -0.25) is 9.36 Å². The first-order chi connectivity index (χ1) is 12.3. The van der Waals surface area contributed by atoms with Crippen molar-refractivity contribution in [2.24, 2.45) is 5.92 Å². The lowest BCUT2D eigenvalue weighted by molar-refractivity contribution is -0.132. The smallest absolute Gasteiger partial charge is 0.222 e. The molecule has 2 aromatic rings. The molecule has 0 N–H and O–H groups in total. The fraction of sp³-hybridized carbons (Fsp3) is 0.579. The Morgan fingerprint density at radius 2 is 1.73 bits per heavy atom. The maximum Gasteiger partial charge on any atom is 0.222 e. The quantitative estimate of drug-likeness (QED) is 0.841. The molecule has 140 valence electrons. The van der Waals surface area contributed by atoms with Crippen LogP contribution >= 0.6 is 0 Å². The summed E-state index contributed by atoms with van der Waals surface area (Å²) in [5.74, 6) is 3.14. The molecule has 3 heterocycles. The number of carbonyl (C=O) groups is 1. The third-order valence-electron chi connectivity index (χ3n) is 4.85. The van der Waals surface area contributed by atoms with Gasteiger partial charge in [0.2, 0.25) is 5.91 Å². The van der Waals surface area contributed by atoms with Gasteiger partial charge in [-0.1, -0.05) is 13.8 Å². The summed E-state index contributed by atoms with van der Waals surface area (Å²) in [5, 5.41) is 0. The zero-order chi connectivity index (χ0) is 18.8. The number of aryl methyl sites for hydroxylation is 2. The monoisotopic (exact) mass is 356 g/mol. The number of rotatable bonds is 4. The third kappa shape index (κ3) is 3.86. The molecule has 3 rings (SSSR count). The summed E-state index contributed by atoms with van der Waals surface area (Å²) < 4.78 is 2.00. The molecule has 26 heavy (non-hydrogen) atoms. The summed E-state index contributed by atoms with van der Waals surface area (Å²) in [6.45, 7) is 13.2. The van der Waals surface area contributed by atoms with Crippen LogP contribution in [0.15, 0.2) is 12.4 Å². The highest BCUT2D eigenvalue weighted by Crippen LogP contribution is 2.20. The average Bonchev–Trinajstić information content (AvgIpc) is 2.93. The standard InChI is InChI=1S/C19H28N6O/c1-13(2)10-19(26)24-8-6-23(7-9-24)17-11-18(22-16(5)21-17)25-12-20-14(3)15(25)4/h11-13H,6-10H2,1-5H3. The molecule has 0 bridgehead atoms. The molecule has 1 aliphatic heterocycles. The van der Waals surface area contributed by atoms with Gasteiger partial charge in [0.05, 0.1) is 5.69 Å². The Bertz CT molecular complexity index is 789. The Balaban J connectivity index is 1.75. The van der Waals surface area contributed by atoms with E-state index in [9.17, 15) is 4.79 Å². The maximum atomic E-state index is 12.3. The Hall–Kier alpha value is -2.44. The minimum absolute atomic E-state index is 0.253. The summed E-state index contributed by atoms with van der Waals surface area (Å²) in [5.41, 5.74) is 2.08. The van der Waals surface area contributed by atoms with Crippen molar-refractivity contribution < 1.29 is 4.79 Å². The van der Waals surface area contributed by atoms with Gasteiger partial charge in [-0.2, -0.15) is 0 Å². The molecule has 0 spiro atoms. The number of hydrogen-bond donors (Lipinski definition) is 0. The summed E-state index contributed by atoms with van der Waals surface area (Å²) in [7, 11) is 0. The second-order valence-electron chi connectivity index (χ2n) is 7.38. The number of aromatic nitrogens is 4. The number of carbonyl (C=O) groups excluding carboxylic acids is 1. The van der Waals surface area contributed by atoms with Crippen molar-refractivity contribution in [2.45, 2.75) is 41.0 Å². The van der Waals surface area contributed by atoms with Crippen molar-refractivity contribution in [2.75, 3.05) is 31.1 Å². The molecule has 1 amide bonds. The van der Waals surface area contributed by atoms with Crippen molar-refractivity contribution in [1.29, 1.82) is 0 Å². The lowest BCUT2D eigenvalue weighted by Gasteiger charge is -2.36. The first kappa shape index (κ1) is 18.4. The largest absolute Gasteiger partial charge is 0.353 e. The Morgan fingerprint density at radius 3 is 2.31 bits per heavy atom. The molecule has 0 aromatic carbocycles. The molecule has 2 aromatic heterocycles. The van der Waals surface area contributed by atoms with E-state index in [-0.39, 0.29) is 5.91 Å². The minimum Gasteiger partial charge on any atom is -0.353 e. The van der Waals surface area contributed by atoms with Crippen LogP contribution in [-0.2, 0) is 4.79 Å². The van der Waals surface area contributed by atoms with Gasteiger partial charge in [0, 0.05) is 44.4 Å². The third-order valence-corrected chi connectivity index (χ3v) is 4.85. The normalized spacial score (nSPS) is 15.0. The number of amides is 1. The molecule has 7 nitrogen and oxygen atoms in total. The number of piperazine rings is 1. The number of hydrogen-bond acceptors (Lipinski definition) is 5. The molecule has 1 fully saturated rings. The van der Waals surface area contributed by atoms with Crippen LogP contribution in [-0.4, -0.2) is 56.5 Å². The van der Waals surface area contributed by atoms with Crippen molar-refractivity contribution in [3.63, 3.8) is 0 Å². The second kappa shape index (κ2) is 7.43. The molecular weight excluding hydrogens is 328 g/mol. The molecule has 1 aliphatic rings. The van der Waals surface area contributed by atoms with E-state index in [4.69, 9.17) is 0 Å². The first-order valence-electron chi connectivity index (χ1n) is 9.24. The van der Waals surface area contributed by atoms with Crippen LogP contribution in [0, 0.1) is 26.7 Å². The van der Waals surface area contributed by atoms with Crippen LogP contribution in [0.4, 0.5) is 5.82 Å². The lowest BCUT2D eigenvalue weighted by atomic mass is 10.1. The van der Waals surface area contributed by atoms with Crippen LogP contribution in [0.5, 0.6) is 0 Å². The summed E-state index contributed by atoms with van der Waals surface area (Å²) in [6, 6.07) is 2.01. The van der Waals surface area contributed by atoms with Crippen molar-refractivity contribution in [1.82, 2.24) is 24.4 Å². The van der Waals surface area contributed by atoms with E-state index in [1.165, 1.54) is 0 Å². The van der Waals surface area contributed by atoms with Gasteiger partial charge in [0.25, 0.3) is 0 Å². The number of anilines is 1. The molecule has 0 aliphatic carbocycles. The first-order valence-corrected chi connectivity index (χ1v) is 9.24. The fourth-order valence-electron chi connectivity index (χ4n) is 3.21. The van der Waals surface area contributed by atoms with Crippen LogP contribution in [0.25, 0.3) is 5.82 Å². The van der Waals surface area contributed by atoms with Crippen LogP contribution in [0.1, 0.15) is 37.5 Å². The van der Waals surface area contributed by atoms with Crippen molar-refractivity contribution in [3.05, 3.63) is 29.6 Å². The van der Waals surface area contributed by atoms with Crippen LogP contribution < -0.4 is 4.90 Å². The summed E-state index contributed by atoms with van der Waals surface area (Å²) in [6.07, 6.45) is 2.43. The van der Waals surface area contributed by atoms with E-state index in [1.54, 1.807) is 6.33 Å². The SMILES string of the molecule is Cc1nc(N2CCN(C(=O)CC(C)C)CC2)cc(-n2cnc(C)c2C)n1.